The van der Waals surface area contributed by atoms with E-state index in [4.69, 9.17) is 21.9 Å². The number of nitrogens with one attached hydrogen (secondary N) is 1. The Morgan fingerprint density at radius 3 is 2.81 bits per heavy atom. The van der Waals surface area contributed by atoms with Gasteiger partial charge in [-0.05, 0) is 31.0 Å². The molecule has 0 aliphatic carbocycles. The lowest BCUT2D eigenvalue weighted by atomic mass is 10.2. The highest BCUT2D eigenvalue weighted by Crippen LogP contribution is 2.15. The summed E-state index contributed by atoms with van der Waals surface area (Å²) in [5, 5.41) is 24.2. The van der Waals surface area contributed by atoms with Crippen LogP contribution in [0.4, 0.5) is 5.69 Å². The fraction of sp³-hybridized carbons (Fsp3) is 0.364. The molecule has 1 aromatic carbocycles. The van der Waals surface area contributed by atoms with Gasteiger partial charge < -0.3 is 15.6 Å². The Bertz CT molecular complexity index is 356. The molecular weight excluding hydrogens is 228 g/mol. The number of aliphatic hydroxyl groups excluding tert-OH is 1. The van der Waals surface area contributed by atoms with Crippen molar-refractivity contribution in [3.8, 4) is 0 Å². The predicted octanol–water partition coefficient (Wildman–Crippen LogP) is 2.70. The van der Waals surface area contributed by atoms with Crippen molar-refractivity contribution in [3.05, 3.63) is 29.3 Å². The van der Waals surface area contributed by atoms with Crippen LogP contribution in [-0.4, -0.2) is 22.8 Å². The summed E-state index contributed by atoms with van der Waals surface area (Å²) in [5.41, 5.74) is 0.782. The Labute approximate surface area is 99.5 Å². The zero-order valence-electron chi connectivity index (χ0n) is 8.86. The van der Waals surface area contributed by atoms with Crippen molar-refractivity contribution in [1.82, 2.24) is 0 Å². The number of rotatable bonds is 5. The third-order valence-electron chi connectivity index (χ3n) is 2.06. The lowest BCUT2D eigenvalue weighted by molar-refractivity contribution is 0.284. The van der Waals surface area contributed by atoms with Crippen molar-refractivity contribution < 1.29 is 10.3 Å². The van der Waals surface area contributed by atoms with Crippen LogP contribution in [-0.2, 0) is 0 Å². The van der Waals surface area contributed by atoms with E-state index in [1.807, 2.05) is 12.1 Å². The molecule has 0 fully saturated rings. The lowest BCUT2D eigenvalue weighted by Gasteiger charge is -2.07. The summed E-state index contributed by atoms with van der Waals surface area (Å²) in [5.74, 6) is 0.468. The average Bonchev–Trinajstić information content (AvgIpc) is 2.28. The zero-order chi connectivity index (χ0) is 11.8. The number of nitrogens with zero attached hydrogens (tertiary/aromatic N) is 1. The predicted molar refractivity (Wildman–Crippen MR) is 65.2 cm³/mol. The molecule has 0 aliphatic heterocycles. The smallest absolute Gasteiger partial charge is 0.146 e. The third-order valence-corrected chi connectivity index (χ3v) is 2.29. The molecule has 0 atom stereocenters. The summed E-state index contributed by atoms with van der Waals surface area (Å²) in [6, 6.07) is 7.17. The largest absolute Gasteiger partial charge is 0.409 e. The van der Waals surface area contributed by atoms with E-state index in [0.717, 1.165) is 12.1 Å². The molecule has 0 heterocycles. The first-order valence-electron chi connectivity index (χ1n) is 5.10. The quantitative estimate of drug-likeness (QED) is 0.245. The van der Waals surface area contributed by atoms with E-state index >= 15 is 0 Å². The average molecular weight is 243 g/mol. The number of amidine groups is 1. The maximum atomic E-state index is 8.79. The number of hydrogen-bond acceptors (Lipinski definition) is 3. The van der Waals surface area contributed by atoms with Crippen molar-refractivity contribution in [2.45, 2.75) is 19.3 Å². The Kier molecular flexibility index (Phi) is 5.67. The molecule has 0 spiro atoms. The fourth-order valence-electron chi connectivity index (χ4n) is 1.27. The Morgan fingerprint density at radius 1 is 1.38 bits per heavy atom. The van der Waals surface area contributed by atoms with E-state index in [1.54, 1.807) is 12.1 Å². The molecule has 16 heavy (non-hydrogen) atoms. The van der Waals surface area contributed by atoms with E-state index in [-0.39, 0.29) is 6.61 Å². The highest BCUT2D eigenvalue weighted by atomic mass is 35.5. The first-order valence-corrected chi connectivity index (χ1v) is 5.48. The topological polar surface area (TPSA) is 64.9 Å². The number of oxime groups is 1. The molecule has 3 N–H and O–H groups in total. The Balaban J connectivity index is 2.50. The van der Waals surface area contributed by atoms with Crippen LogP contribution in [0.2, 0.25) is 5.02 Å². The molecule has 5 heteroatoms. The van der Waals surface area contributed by atoms with E-state index in [1.165, 1.54) is 0 Å². The van der Waals surface area contributed by atoms with Crippen molar-refractivity contribution in [2.75, 3.05) is 11.9 Å². The third kappa shape index (κ3) is 4.51. The second kappa shape index (κ2) is 7.09. The van der Waals surface area contributed by atoms with Gasteiger partial charge in [0.25, 0.3) is 0 Å². The molecule has 0 unspecified atom stereocenters. The molecule has 0 aliphatic rings. The minimum atomic E-state index is 0.149. The number of anilines is 1. The molecule has 0 amide bonds. The number of hydrogen-bond donors (Lipinski definition) is 3. The minimum absolute atomic E-state index is 0.149. The molecular formula is C11H15ClN2O2. The highest BCUT2D eigenvalue weighted by molar-refractivity contribution is 6.30. The van der Waals surface area contributed by atoms with Crippen molar-refractivity contribution >= 4 is 23.1 Å². The zero-order valence-corrected chi connectivity index (χ0v) is 9.61. The normalized spacial score (nSPS) is 11.5. The fourth-order valence-corrected chi connectivity index (χ4v) is 1.46. The second-order valence-electron chi connectivity index (χ2n) is 3.36. The van der Waals surface area contributed by atoms with Crippen molar-refractivity contribution in [1.29, 1.82) is 0 Å². The van der Waals surface area contributed by atoms with E-state index in [2.05, 4.69) is 10.5 Å². The van der Waals surface area contributed by atoms with E-state index in [9.17, 15) is 0 Å². The summed E-state index contributed by atoms with van der Waals surface area (Å²) < 4.78 is 0. The SMILES string of the molecule is OCCCC/C(=N/O)Nc1cccc(Cl)c1. The van der Waals surface area contributed by atoms with Crippen molar-refractivity contribution in [2.24, 2.45) is 5.16 Å². The van der Waals surface area contributed by atoms with Gasteiger partial charge >= 0.3 is 0 Å². The lowest BCUT2D eigenvalue weighted by Crippen LogP contribution is -2.12. The van der Waals surface area contributed by atoms with Gasteiger partial charge in [0.1, 0.15) is 5.84 Å². The van der Waals surface area contributed by atoms with Crippen molar-refractivity contribution in [3.63, 3.8) is 0 Å². The summed E-state index contributed by atoms with van der Waals surface area (Å²) in [7, 11) is 0. The van der Waals surface area contributed by atoms with Gasteiger partial charge in [0.2, 0.25) is 0 Å². The van der Waals surface area contributed by atoms with Crippen LogP contribution in [0.5, 0.6) is 0 Å². The molecule has 1 rings (SSSR count). The number of aliphatic hydroxyl groups is 1. The van der Waals surface area contributed by atoms with E-state index < -0.39 is 0 Å². The van der Waals surface area contributed by atoms with Gasteiger partial charge in [-0.25, -0.2) is 0 Å². The van der Waals surface area contributed by atoms with Gasteiger partial charge in [-0.1, -0.05) is 22.8 Å². The summed E-state index contributed by atoms with van der Waals surface area (Å²) in [4.78, 5) is 0. The molecule has 0 radical (unpaired) electrons. The summed E-state index contributed by atoms with van der Waals surface area (Å²) in [6.45, 7) is 0.149. The molecule has 0 saturated heterocycles. The molecule has 0 saturated carbocycles. The maximum Gasteiger partial charge on any atom is 0.146 e. The minimum Gasteiger partial charge on any atom is -0.409 e. The summed E-state index contributed by atoms with van der Waals surface area (Å²) >= 11 is 5.82. The first-order chi connectivity index (χ1) is 7.76. The van der Waals surface area contributed by atoms with Gasteiger partial charge in [0, 0.05) is 23.7 Å². The molecule has 88 valence electrons. The van der Waals surface area contributed by atoms with Gasteiger partial charge in [-0.2, -0.15) is 0 Å². The van der Waals surface area contributed by atoms with Crippen LogP contribution in [0.1, 0.15) is 19.3 Å². The highest BCUT2D eigenvalue weighted by Gasteiger charge is 2.01. The molecule has 0 bridgehead atoms. The standard InChI is InChI=1S/C11H15ClN2O2/c12-9-4-3-5-10(8-9)13-11(14-16)6-1-2-7-15/h3-5,8,15-16H,1-2,6-7H2,(H,13,14). The van der Waals surface area contributed by atoms with Crippen LogP contribution in [0.25, 0.3) is 0 Å². The maximum absolute atomic E-state index is 8.79. The van der Waals surface area contributed by atoms with Crippen LogP contribution < -0.4 is 5.32 Å². The number of halogens is 1. The van der Waals surface area contributed by atoms with Gasteiger partial charge in [-0.15, -0.1) is 0 Å². The van der Waals surface area contributed by atoms with Gasteiger partial charge in [0.15, 0.2) is 0 Å². The van der Waals surface area contributed by atoms with Gasteiger partial charge in [-0.3, -0.25) is 0 Å². The summed E-state index contributed by atoms with van der Waals surface area (Å²) in [6.07, 6.45) is 2.04. The number of benzene rings is 1. The first kappa shape index (κ1) is 12.8. The van der Waals surface area contributed by atoms with E-state index in [0.29, 0.717) is 23.7 Å². The Morgan fingerprint density at radius 2 is 2.19 bits per heavy atom. The van der Waals surface area contributed by atoms with Crippen LogP contribution in [0.3, 0.4) is 0 Å². The molecule has 4 nitrogen and oxygen atoms in total. The Hall–Kier alpha value is -1.26. The second-order valence-corrected chi connectivity index (χ2v) is 3.80. The number of unbranched alkanes of at least 4 members (excludes halogenated alkanes) is 1. The van der Waals surface area contributed by atoms with Crippen LogP contribution >= 0.6 is 11.6 Å². The van der Waals surface area contributed by atoms with Crippen LogP contribution in [0, 0.1) is 0 Å². The monoisotopic (exact) mass is 242 g/mol. The molecule has 0 aromatic heterocycles. The van der Waals surface area contributed by atoms with Gasteiger partial charge in [0.05, 0.1) is 0 Å². The molecule has 1 aromatic rings. The van der Waals surface area contributed by atoms with Crippen LogP contribution in [0.15, 0.2) is 29.4 Å².